The summed E-state index contributed by atoms with van der Waals surface area (Å²) < 4.78 is 6.74. The van der Waals surface area contributed by atoms with Gasteiger partial charge in [0.25, 0.3) is 17.4 Å². The van der Waals surface area contributed by atoms with Gasteiger partial charge in [0.05, 0.1) is 16.8 Å². The smallest absolute Gasteiger partial charge is 0.330 e. The molecule has 1 aliphatic rings. The summed E-state index contributed by atoms with van der Waals surface area (Å²) in [6, 6.07) is 6.67. The zero-order valence-electron chi connectivity index (χ0n) is 15.7. The number of benzene rings is 1. The number of rotatable bonds is 5. The quantitative estimate of drug-likeness (QED) is 0.471. The summed E-state index contributed by atoms with van der Waals surface area (Å²) in [7, 11) is 0. The summed E-state index contributed by atoms with van der Waals surface area (Å²) in [4.78, 5) is 56.1. The van der Waals surface area contributed by atoms with Crippen molar-refractivity contribution in [3.63, 3.8) is 0 Å². The number of carbonyl (C=O) groups is 3. The Bertz CT molecular complexity index is 1160. The Balaban J connectivity index is 1.56. The van der Waals surface area contributed by atoms with Crippen LogP contribution in [-0.2, 0) is 16.1 Å². The SMILES string of the molecule is CC(C)[C@@H](C(=O)OCc1cc(=O)n2ccsc2n1)N1C(=O)c2ccccc2C1=O. The summed E-state index contributed by atoms with van der Waals surface area (Å²) in [6.45, 7) is 3.24. The van der Waals surface area contributed by atoms with Crippen molar-refractivity contribution < 1.29 is 19.1 Å². The molecule has 1 aliphatic heterocycles. The molecular weight excluding hydrogens is 394 g/mol. The number of nitrogens with zero attached hydrogens (tertiary/aromatic N) is 3. The Kier molecular flexibility index (Phi) is 4.75. The maximum absolute atomic E-state index is 12.8. The third-order valence-corrected chi connectivity index (χ3v) is 5.45. The van der Waals surface area contributed by atoms with Crippen LogP contribution >= 0.6 is 11.3 Å². The number of ether oxygens (including phenoxy) is 1. The van der Waals surface area contributed by atoms with E-state index in [0.29, 0.717) is 10.7 Å². The van der Waals surface area contributed by atoms with E-state index in [1.807, 2.05) is 0 Å². The van der Waals surface area contributed by atoms with Crippen molar-refractivity contribution in [1.82, 2.24) is 14.3 Å². The zero-order chi connectivity index (χ0) is 20.7. The van der Waals surface area contributed by atoms with Crippen LogP contribution < -0.4 is 5.56 Å². The van der Waals surface area contributed by atoms with Crippen molar-refractivity contribution in [2.24, 2.45) is 5.92 Å². The summed E-state index contributed by atoms with van der Waals surface area (Å²) in [5, 5.41) is 1.73. The lowest BCUT2D eigenvalue weighted by Gasteiger charge is -2.27. The first-order chi connectivity index (χ1) is 13.9. The lowest BCUT2D eigenvalue weighted by atomic mass is 10.0. The Morgan fingerprint density at radius 1 is 1.14 bits per heavy atom. The highest BCUT2D eigenvalue weighted by Gasteiger charge is 2.44. The molecule has 148 valence electrons. The number of esters is 1. The Hall–Kier alpha value is -3.33. The molecule has 1 aromatic carbocycles. The molecule has 0 radical (unpaired) electrons. The van der Waals surface area contributed by atoms with Crippen LogP contribution in [0, 0.1) is 5.92 Å². The molecule has 2 aromatic heterocycles. The molecule has 9 heteroatoms. The number of hydrogen-bond acceptors (Lipinski definition) is 7. The highest BCUT2D eigenvalue weighted by atomic mass is 32.1. The van der Waals surface area contributed by atoms with E-state index in [1.54, 1.807) is 49.7 Å². The summed E-state index contributed by atoms with van der Waals surface area (Å²) >= 11 is 1.29. The van der Waals surface area contributed by atoms with E-state index in [0.717, 1.165) is 4.90 Å². The molecule has 0 aliphatic carbocycles. The third kappa shape index (κ3) is 3.23. The summed E-state index contributed by atoms with van der Waals surface area (Å²) in [5.74, 6) is -2.11. The third-order valence-electron chi connectivity index (χ3n) is 4.70. The first-order valence-corrected chi connectivity index (χ1v) is 9.86. The number of imide groups is 1. The molecular formula is C20H17N3O5S. The fraction of sp³-hybridized carbons (Fsp3) is 0.250. The monoisotopic (exact) mass is 411 g/mol. The number of aromatic nitrogens is 2. The second kappa shape index (κ2) is 7.25. The van der Waals surface area contributed by atoms with Gasteiger partial charge >= 0.3 is 5.97 Å². The standard InChI is InChI=1S/C20H17N3O5S/c1-11(2)16(23-17(25)13-5-3-4-6-14(13)18(23)26)19(27)28-10-12-9-15(24)22-7-8-29-20(22)21-12/h3-9,11,16H,10H2,1-2H3/t16-/m0/s1. The van der Waals surface area contributed by atoms with Gasteiger partial charge in [-0.15, -0.1) is 11.3 Å². The first kappa shape index (κ1) is 19.0. The van der Waals surface area contributed by atoms with Crippen LogP contribution in [0.4, 0.5) is 0 Å². The Morgan fingerprint density at radius 2 is 1.79 bits per heavy atom. The molecule has 0 saturated carbocycles. The average molecular weight is 411 g/mol. The number of carbonyl (C=O) groups excluding carboxylic acids is 3. The highest BCUT2D eigenvalue weighted by molar-refractivity contribution is 7.15. The van der Waals surface area contributed by atoms with Gasteiger partial charge in [-0.3, -0.25) is 23.7 Å². The Morgan fingerprint density at radius 3 is 2.41 bits per heavy atom. The van der Waals surface area contributed by atoms with Crippen LogP contribution in [0.5, 0.6) is 0 Å². The van der Waals surface area contributed by atoms with Gasteiger partial charge in [-0.2, -0.15) is 0 Å². The molecule has 0 bridgehead atoms. The fourth-order valence-electron chi connectivity index (χ4n) is 3.33. The minimum Gasteiger partial charge on any atom is -0.458 e. The van der Waals surface area contributed by atoms with Gasteiger partial charge in [-0.25, -0.2) is 9.78 Å². The van der Waals surface area contributed by atoms with Gasteiger partial charge in [0.1, 0.15) is 12.6 Å². The molecule has 0 saturated heterocycles. The second-order valence-corrected chi connectivity index (χ2v) is 7.84. The van der Waals surface area contributed by atoms with Crippen molar-refractivity contribution in [2.45, 2.75) is 26.5 Å². The highest BCUT2D eigenvalue weighted by Crippen LogP contribution is 2.27. The van der Waals surface area contributed by atoms with Crippen LogP contribution in [0.3, 0.4) is 0 Å². The molecule has 3 heterocycles. The van der Waals surface area contributed by atoms with Crippen LogP contribution in [-0.4, -0.2) is 38.1 Å². The normalized spacial score (nSPS) is 14.5. The van der Waals surface area contributed by atoms with Crippen LogP contribution in [0.25, 0.3) is 4.96 Å². The maximum atomic E-state index is 12.8. The molecule has 2 amide bonds. The van der Waals surface area contributed by atoms with E-state index >= 15 is 0 Å². The molecule has 0 unspecified atom stereocenters. The van der Waals surface area contributed by atoms with Gasteiger partial charge in [0, 0.05) is 17.6 Å². The maximum Gasteiger partial charge on any atom is 0.330 e. The van der Waals surface area contributed by atoms with Crippen molar-refractivity contribution in [2.75, 3.05) is 0 Å². The van der Waals surface area contributed by atoms with Crippen LogP contribution in [0.1, 0.15) is 40.3 Å². The lowest BCUT2D eigenvalue weighted by molar-refractivity contribution is -0.151. The fourth-order valence-corrected chi connectivity index (χ4v) is 4.07. The summed E-state index contributed by atoms with van der Waals surface area (Å²) in [6.07, 6.45) is 1.61. The van der Waals surface area contributed by atoms with Crippen molar-refractivity contribution in [3.8, 4) is 0 Å². The van der Waals surface area contributed by atoms with E-state index in [1.165, 1.54) is 21.8 Å². The second-order valence-electron chi connectivity index (χ2n) is 6.96. The van der Waals surface area contributed by atoms with Crippen LogP contribution in [0.15, 0.2) is 46.7 Å². The van der Waals surface area contributed by atoms with Gasteiger partial charge in [-0.05, 0) is 18.1 Å². The van der Waals surface area contributed by atoms with E-state index < -0.39 is 23.8 Å². The van der Waals surface area contributed by atoms with Crippen molar-refractivity contribution in [3.05, 3.63) is 69.1 Å². The van der Waals surface area contributed by atoms with Gasteiger partial charge in [0.2, 0.25) is 0 Å². The number of thiazole rings is 1. The minimum absolute atomic E-state index is 0.227. The summed E-state index contributed by atoms with van der Waals surface area (Å²) in [5.41, 5.74) is 0.571. The minimum atomic E-state index is -1.08. The molecule has 0 spiro atoms. The largest absolute Gasteiger partial charge is 0.458 e. The molecule has 4 rings (SSSR count). The molecule has 3 aromatic rings. The molecule has 0 fully saturated rings. The number of hydrogen-bond donors (Lipinski definition) is 0. The predicted octanol–water partition coefficient (Wildman–Crippen LogP) is 2.12. The molecule has 1 atom stereocenters. The predicted molar refractivity (Wildman–Crippen MR) is 105 cm³/mol. The van der Waals surface area contributed by atoms with E-state index in [-0.39, 0.29) is 29.2 Å². The van der Waals surface area contributed by atoms with Crippen molar-refractivity contribution >= 4 is 34.1 Å². The van der Waals surface area contributed by atoms with E-state index in [4.69, 9.17) is 4.74 Å². The topological polar surface area (TPSA) is 98.1 Å². The van der Waals surface area contributed by atoms with E-state index in [2.05, 4.69) is 4.98 Å². The number of fused-ring (bicyclic) bond motifs is 2. The van der Waals surface area contributed by atoms with Crippen LogP contribution in [0.2, 0.25) is 0 Å². The van der Waals surface area contributed by atoms with Crippen molar-refractivity contribution in [1.29, 1.82) is 0 Å². The average Bonchev–Trinajstić information content (AvgIpc) is 3.26. The Labute approximate surface area is 169 Å². The lowest BCUT2D eigenvalue weighted by Crippen LogP contribution is -2.48. The molecule has 29 heavy (non-hydrogen) atoms. The zero-order valence-corrected chi connectivity index (χ0v) is 16.5. The van der Waals surface area contributed by atoms with E-state index in [9.17, 15) is 19.2 Å². The number of amides is 2. The van der Waals surface area contributed by atoms with Gasteiger partial charge < -0.3 is 4.74 Å². The van der Waals surface area contributed by atoms with Gasteiger partial charge in [-0.1, -0.05) is 26.0 Å². The molecule has 8 nitrogen and oxygen atoms in total. The van der Waals surface area contributed by atoms with Gasteiger partial charge in [0.15, 0.2) is 4.96 Å². The molecule has 0 N–H and O–H groups in total. The first-order valence-electron chi connectivity index (χ1n) is 8.98.